The molecule has 0 heterocycles. The molecular weight excluding hydrogens is 80.9 g/mol. The van der Waals surface area contributed by atoms with Crippen LogP contribution >= 0.6 is 9.90 Å². The Morgan fingerprint density at radius 3 is 1.25 bits per heavy atom. The average molecular weight is 85.9 g/mol. The van der Waals surface area contributed by atoms with Crippen LogP contribution in [0.25, 0.3) is 0 Å². The van der Waals surface area contributed by atoms with Gasteiger partial charge in [0.2, 0.25) is 0 Å². The van der Waals surface area contributed by atoms with Crippen molar-refractivity contribution in [3.63, 3.8) is 0 Å². The van der Waals surface area contributed by atoms with Gasteiger partial charge in [0.1, 0.15) is 0 Å². The van der Waals surface area contributed by atoms with Gasteiger partial charge in [-0.3, -0.25) is 0 Å². The minimum atomic E-state index is 0. The van der Waals surface area contributed by atoms with Crippen molar-refractivity contribution in [2.45, 2.75) is 0 Å². The van der Waals surface area contributed by atoms with Crippen LogP contribution < -0.4 is 0 Å². The first kappa shape index (κ1) is 18.3. The van der Waals surface area contributed by atoms with Gasteiger partial charge in [0.25, 0.3) is 0 Å². The summed E-state index contributed by atoms with van der Waals surface area (Å²) in [6, 6.07) is 0. The zero-order chi connectivity index (χ0) is 2.00. The molecule has 4 heavy (non-hydrogen) atoms. The molecule has 4 heteroatoms. The molecule has 1 atom stereocenters. The van der Waals surface area contributed by atoms with Crippen LogP contribution in [0.3, 0.4) is 0 Å². The van der Waals surface area contributed by atoms with E-state index in [1.165, 1.54) is 0 Å². The van der Waals surface area contributed by atoms with E-state index >= 15 is 0 Å². The third-order valence-corrected chi connectivity index (χ3v) is 0. The fourth-order valence-corrected chi connectivity index (χ4v) is 0. The molecule has 0 aliphatic heterocycles. The maximum absolute atomic E-state index is 8.28. The van der Waals surface area contributed by atoms with Crippen LogP contribution in [-0.2, 0) is 3.80 Å². The second-order valence-electron chi connectivity index (χ2n) is 0. The van der Waals surface area contributed by atoms with E-state index in [9.17, 15) is 0 Å². The van der Waals surface area contributed by atoms with Crippen molar-refractivity contribution in [3.05, 3.63) is 0 Å². The first-order chi connectivity index (χ1) is 1.00. The molecule has 0 aromatic rings. The van der Waals surface area contributed by atoms with Crippen LogP contribution in [0.5, 0.6) is 0 Å². The van der Waals surface area contributed by atoms with Crippen LogP contribution in [-0.4, -0.2) is 35.1 Å². The summed E-state index contributed by atoms with van der Waals surface area (Å²) in [7, 11) is 0. The van der Waals surface area contributed by atoms with Gasteiger partial charge in [-0.1, -0.05) is 0 Å². The molecule has 0 saturated heterocycles. The van der Waals surface area contributed by atoms with Gasteiger partial charge < -0.3 is 0 Å². The molecule has 1 nitrogen and oxygen atoms in total. The molecule has 0 aliphatic carbocycles. The van der Waals surface area contributed by atoms with Crippen molar-refractivity contribution in [2.75, 3.05) is 0 Å². The van der Waals surface area contributed by atoms with Gasteiger partial charge in [-0.15, -0.1) is 0 Å². The van der Waals surface area contributed by atoms with Gasteiger partial charge in [0.05, 0.1) is 0 Å². The fraction of sp³-hybridized carbons (Fsp3) is 0. The van der Waals surface area contributed by atoms with Gasteiger partial charge in [0.15, 0.2) is 0 Å². The van der Waals surface area contributed by atoms with Gasteiger partial charge in [-0.2, -0.15) is 9.90 Å². The third kappa shape index (κ3) is 10.1. The molecule has 0 radical (unpaired) electrons. The van der Waals surface area contributed by atoms with Crippen molar-refractivity contribution in [1.82, 2.24) is 0 Å². The molecule has 20 valence electrons. The molecule has 0 aromatic carbocycles. The summed E-state index contributed by atoms with van der Waals surface area (Å²) in [6.45, 7) is 0. The topological polar surface area (TPSA) is 17.1 Å². The third-order valence-electron chi connectivity index (χ3n) is 0. The summed E-state index contributed by atoms with van der Waals surface area (Å²) in [6.07, 6.45) is 0. The SMILES string of the molecule is P.[LiH].[O]=[AlH]. The van der Waals surface area contributed by atoms with E-state index in [4.69, 9.17) is 3.80 Å². The van der Waals surface area contributed by atoms with Gasteiger partial charge in [0, 0.05) is 0 Å². The summed E-state index contributed by atoms with van der Waals surface area (Å²) in [4.78, 5) is 0. The zero-order valence-electron chi connectivity index (χ0n) is 1.82. The molecule has 0 saturated carbocycles. The van der Waals surface area contributed by atoms with Gasteiger partial charge in [-0.25, -0.2) is 0 Å². The normalized spacial score (nSPS) is 0.750. The summed E-state index contributed by atoms with van der Waals surface area (Å²) < 4.78 is 8.28. The molecule has 0 spiro atoms. The molecule has 1 unspecified atom stereocenters. The maximum atomic E-state index is 8.28. The average Bonchev–Trinajstić information content (AvgIpc) is 1.00. The number of hydrogen-bond donors (Lipinski definition) is 0. The Morgan fingerprint density at radius 1 is 1.25 bits per heavy atom. The molecule has 0 aliphatic rings. The van der Waals surface area contributed by atoms with E-state index in [2.05, 4.69) is 0 Å². The Hall–Kier alpha value is 1.36. The summed E-state index contributed by atoms with van der Waals surface area (Å²) >= 11 is 0.611. The van der Waals surface area contributed by atoms with Crippen molar-refractivity contribution in [1.29, 1.82) is 0 Å². The Bertz CT molecular complexity index is 8.00. The van der Waals surface area contributed by atoms with Crippen LogP contribution in [0.2, 0.25) is 0 Å². The summed E-state index contributed by atoms with van der Waals surface area (Å²) in [5.74, 6) is 0. The Labute approximate surface area is 49.0 Å². The quantitative estimate of drug-likeness (QED) is 0.263. The van der Waals surface area contributed by atoms with E-state index in [1.54, 1.807) is 0 Å². The van der Waals surface area contributed by atoms with Crippen LogP contribution in [0.15, 0.2) is 0 Å². The molecule has 0 amide bonds. The molecular formula is H5AlLiOP. The van der Waals surface area contributed by atoms with Crippen LogP contribution in [0.4, 0.5) is 0 Å². The molecule has 0 aromatic heterocycles. The number of rotatable bonds is 0. The first-order valence-corrected chi connectivity index (χ1v) is 0.866. The molecule has 0 fully saturated rings. The molecule has 0 bridgehead atoms. The zero-order valence-corrected chi connectivity index (χ0v) is 4.65. The predicted molar refractivity (Wildman–Crippen MR) is 26.1 cm³/mol. The first-order valence-electron chi connectivity index (χ1n) is 0.289. The monoisotopic (exact) mass is 86.0 g/mol. The Kier molecular flexibility index (Phi) is 122. The van der Waals surface area contributed by atoms with E-state index < -0.39 is 0 Å². The standard InChI is InChI=1S/Al.Li.O.H3P.2H/h;;;1H3;;. The number of hydrogen-bond acceptors (Lipinski definition) is 1. The van der Waals surface area contributed by atoms with Gasteiger partial charge in [-0.05, 0) is 0 Å². The van der Waals surface area contributed by atoms with Crippen molar-refractivity contribution in [3.8, 4) is 0 Å². The van der Waals surface area contributed by atoms with Gasteiger partial charge >= 0.3 is 38.9 Å². The Balaban J connectivity index is -0.00000000500. The van der Waals surface area contributed by atoms with E-state index in [0.29, 0.717) is 16.2 Å². The minimum absolute atomic E-state index is 0. The van der Waals surface area contributed by atoms with E-state index in [1.807, 2.05) is 0 Å². The summed E-state index contributed by atoms with van der Waals surface area (Å²) in [5.41, 5.74) is 0. The summed E-state index contributed by atoms with van der Waals surface area (Å²) in [5, 5.41) is 0. The van der Waals surface area contributed by atoms with Crippen molar-refractivity contribution in [2.24, 2.45) is 0 Å². The second-order valence-corrected chi connectivity index (χ2v) is 0. The Morgan fingerprint density at radius 2 is 1.25 bits per heavy atom. The van der Waals surface area contributed by atoms with Crippen LogP contribution in [0.1, 0.15) is 0 Å². The van der Waals surface area contributed by atoms with E-state index in [0.717, 1.165) is 0 Å². The predicted octanol–water partition coefficient (Wildman–Crippen LogP) is -1.36. The fourth-order valence-electron chi connectivity index (χ4n) is 0. The van der Waals surface area contributed by atoms with Crippen molar-refractivity contribution >= 4 is 45.0 Å². The van der Waals surface area contributed by atoms with Crippen LogP contribution in [0, 0.1) is 0 Å². The molecule has 0 N–H and O–H groups in total. The van der Waals surface area contributed by atoms with Crippen molar-refractivity contribution < 1.29 is 3.80 Å². The second kappa shape index (κ2) is 26.6. The molecule has 0 rings (SSSR count). The van der Waals surface area contributed by atoms with E-state index in [-0.39, 0.29) is 28.8 Å².